The molecule has 0 radical (unpaired) electrons. The minimum Gasteiger partial charge on any atom is -0.275 e. The Bertz CT molecular complexity index is 455. The van der Waals surface area contributed by atoms with Crippen LogP contribution in [0.5, 0.6) is 0 Å². The third-order valence-corrected chi connectivity index (χ3v) is 2.60. The second-order valence-corrected chi connectivity index (χ2v) is 3.89. The second-order valence-electron chi connectivity index (χ2n) is 3.89. The Labute approximate surface area is 84.5 Å². The van der Waals surface area contributed by atoms with E-state index in [0.717, 1.165) is 11.9 Å². The van der Waals surface area contributed by atoms with E-state index in [9.17, 15) is 0 Å². The van der Waals surface area contributed by atoms with E-state index in [-0.39, 0.29) is 0 Å². The van der Waals surface area contributed by atoms with Gasteiger partial charge in [0.1, 0.15) is 0 Å². The molecule has 1 aromatic heterocycles. The fourth-order valence-corrected chi connectivity index (χ4v) is 1.89. The number of nitrogens with zero attached hydrogens (tertiary/aromatic N) is 2. The molecular formula is C12H16N2. The van der Waals surface area contributed by atoms with Crippen LogP contribution in [0.1, 0.15) is 24.5 Å². The predicted molar refractivity (Wildman–Crippen MR) is 59.4 cm³/mol. The summed E-state index contributed by atoms with van der Waals surface area (Å²) in [7, 11) is 1.97. The van der Waals surface area contributed by atoms with E-state index < -0.39 is 0 Å². The average molecular weight is 188 g/mol. The number of rotatable bonds is 2. The first-order valence-electron chi connectivity index (χ1n) is 5.13. The molecule has 14 heavy (non-hydrogen) atoms. The molecule has 2 aromatic rings. The third-order valence-electron chi connectivity index (χ3n) is 2.60. The van der Waals surface area contributed by atoms with Crippen molar-refractivity contribution in [2.24, 2.45) is 7.05 Å². The number of hydrogen-bond donors (Lipinski definition) is 0. The van der Waals surface area contributed by atoms with Gasteiger partial charge in [0.15, 0.2) is 0 Å². The normalized spacial score (nSPS) is 11.1. The lowest BCUT2D eigenvalue weighted by molar-refractivity contribution is 0.779. The lowest BCUT2D eigenvalue weighted by atomic mass is 10.0. The van der Waals surface area contributed by atoms with Crippen molar-refractivity contribution in [2.45, 2.75) is 26.7 Å². The summed E-state index contributed by atoms with van der Waals surface area (Å²) < 4.78 is 1.87. The van der Waals surface area contributed by atoms with Gasteiger partial charge < -0.3 is 0 Å². The quantitative estimate of drug-likeness (QED) is 0.708. The molecule has 1 aromatic carbocycles. The fourth-order valence-electron chi connectivity index (χ4n) is 1.89. The zero-order chi connectivity index (χ0) is 10.1. The SMILES string of the molecule is CCCc1cc2cn(C)nc2cc1C. The summed E-state index contributed by atoms with van der Waals surface area (Å²) >= 11 is 0. The topological polar surface area (TPSA) is 17.8 Å². The molecule has 0 aliphatic carbocycles. The summed E-state index contributed by atoms with van der Waals surface area (Å²) in [5, 5.41) is 5.64. The van der Waals surface area contributed by atoms with E-state index >= 15 is 0 Å². The molecule has 0 fully saturated rings. The maximum atomic E-state index is 4.39. The van der Waals surface area contributed by atoms with Gasteiger partial charge in [-0.1, -0.05) is 13.3 Å². The number of benzene rings is 1. The summed E-state index contributed by atoms with van der Waals surface area (Å²) in [6.07, 6.45) is 4.44. The number of aryl methyl sites for hydroxylation is 3. The zero-order valence-corrected chi connectivity index (χ0v) is 9.04. The molecule has 74 valence electrons. The van der Waals surface area contributed by atoms with Gasteiger partial charge >= 0.3 is 0 Å². The van der Waals surface area contributed by atoms with Crippen molar-refractivity contribution in [3.63, 3.8) is 0 Å². The Hall–Kier alpha value is -1.31. The summed E-state index contributed by atoms with van der Waals surface area (Å²) in [4.78, 5) is 0. The highest BCUT2D eigenvalue weighted by Gasteiger charge is 2.03. The van der Waals surface area contributed by atoms with E-state index in [1.165, 1.54) is 22.9 Å². The van der Waals surface area contributed by atoms with Crippen molar-refractivity contribution in [3.8, 4) is 0 Å². The lowest BCUT2D eigenvalue weighted by Gasteiger charge is -2.03. The van der Waals surface area contributed by atoms with Gasteiger partial charge in [-0.05, 0) is 36.6 Å². The zero-order valence-electron chi connectivity index (χ0n) is 9.04. The summed E-state index contributed by atoms with van der Waals surface area (Å²) in [5.41, 5.74) is 3.91. The Morgan fingerprint density at radius 2 is 2.14 bits per heavy atom. The Balaban J connectivity index is 2.58. The molecular weight excluding hydrogens is 172 g/mol. The fraction of sp³-hybridized carbons (Fsp3) is 0.417. The van der Waals surface area contributed by atoms with Gasteiger partial charge in [0, 0.05) is 18.6 Å². The van der Waals surface area contributed by atoms with E-state index in [1.807, 2.05) is 11.7 Å². The predicted octanol–water partition coefficient (Wildman–Crippen LogP) is 2.83. The summed E-state index contributed by atoms with van der Waals surface area (Å²) in [5.74, 6) is 0. The standard InChI is InChI=1S/C12H16N2/c1-4-5-10-7-11-8-14(3)13-12(11)6-9(10)2/h6-8H,4-5H2,1-3H3. The van der Waals surface area contributed by atoms with Crippen molar-refractivity contribution >= 4 is 10.9 Å². The Kier molecular flexibility index (Phi) is 2.28. The molecule has 2 heteroatoms. The molecule has 2 rings (SSSR count). The highest BCUT2D eigenvalue weighted by molar-refractivity contribution is 5.79. The largest absolute Gasteiger partial charge is 0.275 e. The van der Waals surface area contributed by atoms with Crippen LogP contribution in [0.3, 0.4) is 0 Å². The van der Waals surface area contributed by atoms with Crippen molar-refractivity contribution in [1.29, 1.82) is 0 Å². The summed E-state index contributed by atoms with van der Waals surface area (Å²) in [6.45, 7) is 4.38. The van der Waals surface area contributed by atoms with E-state index in [0.29, 0.717) is 0 Å². The first-order chi connectivity index (χ1) is 6.70. The lowest BCUT2D eigenvalue weighted by Crippen LogP contribution is -1.88. The van der Waals surface area contributed by atoms with Gasteiger partial charge in [-0.25, -0.2) is 0 Å². The van der Waals surface area contributed by atoms with Crippen LogP contribution in [-0.4, -0.2) is 9.78 Å². The van der Waals surface area contributed by atoms with Gasteiger partial charge in [0.2, 0.25) is 0 Å². The van der Waals surface area contributed by atoms with Crippen LogP contribution in [0.25, 0.3) is 10.9 Å². The molecule has 0 aliphatic rings. The van der Waals surface area contributed by atoms with Crippen LogP contribution in [0, 0.1) is 6.92 Å². The molecule has 0 amide bonds. The summed E-state index contributed by atoms with van der Waals surface area (Å²) in [6, 6.07) is 4.45. The van der Waals surface area contributed by atoms with Gasteiger partial charge in [-0.3, -0.25) is 4.68 Å². The van der Waals surface area contributed by atoms with Crippen molar-refractivity contribution in [1.82, 2.24) is 9.78 Å². The first kappa shape index (κ1) is 9.25. The second kappa shape index (κ2) is 3.45. The Morgan fingerprint density at radius 1 is 1.36 bits per heavy atom. The van der Waals surface area contributed by atoms with Crippen LogP contribution in [0.15, 0.2) is 18.3 Å². The molecule has 0 aliphatic heterocycles. The van der Waals surface area contributed by atoms with Crippen LogP contribution in [-0.2, 0) is 13.5 Å². The van der Waals surface area contributed by atoms with E-state index in [4.69, 9.17) is 0 Å². The van der Waals surface area contributed by atoms with Crippen LogP contribution in [0.2, 0.25) is 0 Å². The van der Waals surface area contributed by atoms with Gasteiger partial charge in [-0.15, -0.1) is 0 Å². The van der Waals surface area contributed by atoms with E-state index in [1.54, 1.807) is 0 Å². The maximum absolute atomic E-state index is 4.39. The Morgan fingerprint density at radius 3 is 2.86 bits per heavy atom. The third kappa shape index (κ3) is 1.52. The van der Waals surface area contributed by atoms with Crippen molar-refractivity contribution < 1.29 is 0 Å². The van der Waals surface area contributed by atoms with Crippen LogP contribution < -0.4 is 0 Å². The monoisotopic (exact) mass is 188 g/mol. The average Bonchev–Trinajstić information content (AvgIpc) is 2.45. The van der Waals surface area contributed by atoms with Gasteiger partial charge in [-0.2, -0.15) is 5.10 Å². The number of aromatic nitrogens is 2. The molecule has 0 spiro atoms. The van der Waals surface area contributed by atoms with Gasteiger partial charge in [0.05, 0.1) is 5.52 Å². The van der Waals surface area contributed by atoms with Crippen LogP contribution in [0.4, 0.5) is 0 Å². The molecule has 0 N–H and O–H groups in total. The minimum absolute atomic E-state index is 1.10. The molecule has 0 unspecified atom stereocenters. The van der Waals surface area contributed by atoms with Crippen LogP contribution >= 0.6 is 0 Å². The molecule has 0 atom stereocenters. The smallest absolute Gasteiger partial charge is 0.0926 e. The minimum atomic E-state index is 1.10. The highest BCUT2D eigenvalue weighted by atomic mass is 15.2. The molecule has 0 saturated heterocycles. The van der Waals surface area contributed by atoms with Gasteiger partial charge in [0.25, 0.3) is 0 Å². The van der Waals surface area contributed by atoms with E-state index in [2.05, 4.69) is 37.3 Å². The maximum Gasteiger partial charge on any atom is 0.0926 e. The molecule has 0 bridgehead atoms. The highest BCUT2D eigenvalue weighted by Crippen LogP contribution is 2.19. The van der Waals surface area contributed by atoms with Crippen molar-refractivity contribution in [3.05, 3.63) is 29.5 Å². The molecule has 0 saturated carbocycles. The number of fused-ring (bicyclic) bond motifs is 1. The van der Waals surface area contributed by atoms with Crippen molar-refractivity contribution in [2.75, 3.05) is 0 Å². The first-order valence-corrected chi connectivity index (χ1v) is 5.13. The number of hydrogen-bond acceptors (Lipinski definition) is 1. The molecule has 2 nitrogen and oxygen atoms in total. The molecule has 1 heterocycles.